The summed E-state index contributed by atoms with van der Waals surface area (Å²) in [5, 5.41) is 11.7. The molecule has 6 nitrogen and oxygen atoms in total. The second kappa shape index (κ2) is 4.91. The lowest BCUT2D eigenvalue weighted by Crippen LogP contribution is -2.59. The number of carbonyl (C=O) groups is 2. The van der Waals surface area contributed by atoms with Gasteiger partial charge in [0, 0.05) is 25.7 Å². The van der Waals surface area contributed by atoms with E-state index >= 15 is 0 Å². The highest BCUT2D eigenvalue weighted by Crippen LogP contribution is 2.16. The van der Waals surface area contributed by atoms with Crippen molar-refractivity contribution in [3.05, 3.63) is 0 Å². The molecule has 2 rings (SSSR count). The Bertz CT molecular complexity index is 315. The number of likely N-dealkylation sites (N-methyl/N-ethyl adjacent to an activating group) is 1. The Hall–Kier alpha value is -1.30. The predicted molar refractivity (Wildman–Crippen MR) is 61.7 cm³/mol. The quantitative estimate of drug-likeness (QED) is 0.702. The van der Waals surface area contributed by atoms with Gasteiger partial charge in [0.1, 0.15) is 0 Å². The number of hydrogen-bond donors (Lipinski definition) is 2. The average Bonchev–Trinajstić information content (AvgIpc) is 2.13. The molecule has 0 aliphatic carbocycles. The number of carboxylic acid groups (broad SMARTS) is 1. The van der Waals surface area contributed by atoms with E-state index in [4.69, 9.17) is 5.11 Å². The number of nitrogens with zero attached hydrogens (tertiary/aromatic N) is 2. The molecule has 2 N–H and O–H groups in total. The first-order chi connectivity index (χ1) is 8.06. The van der Waals surface area contributed by atoms with Crippen LogP contribution in [-0.2, 0) is 4.79 Å². The minimum absolute atomic E-state index is 0.122. The molecule has 6 heteroatoms. The summed E-state index contributed by atoms with van der Waals surface area (Å²) in [7, 11) is 2.04. The number of urea groups is 1. The van der Waals surface area contributed by atoms with Crippen LogP contribution in [0.1, 0.15) is 12.8 Å². The summed E-state index contributed by atoms with van der Waals surface area (Å²) in [6.07, 6.45) is 2.10. The molecule has 2 aliphatic heterocycles. The fourth-order valence-corrected chi connectivity index (χ4v) is 2.35. The molecule has 2 amide bonds. The first kappa shape index (κ1) is 12.2. The predicted octanol–water partition coefficient (Wildman–Crippen LogP) is -0.193. The van der Waals surface area contributed by atoms with E-state index in [-0.39, 0.29) is 18.0 Å². The SMILES string of the molecule is CN1CCCC(NC(=O)N2CC(C(=O)O)C2)C1. The van der Waals surface area contributed by atoms with Crippen molar-refractivity contribution in [1.82, 2.24) is 15.1 Å². The fourth-order valence-electron chi connectivity index (χ4n) is 2.35. The van der Waals surface area contributed by atoms with Crippen molar-refractivity contribution in [2.75, 3.05) is 33.2 Å². The highest BCUT2D eigenvalue weighted by molar-refractivity contribution is 5.79. The van der Waals surface area contributed by atoms with Crippen LogP contribution < -0.4 is 5.32 Å². The van der Waals surface area contributed by atoms with Crippen molar-refractivity contribution in [3.8, 4) is 0 Å². The summed E-state index contributed by atoms with van der Waals surface area (Å²) in [6.45, 7) is 2.63. The third-order valence-corrected chi connectivity index (χ3v) is 3.47. The second-order valence-electron chi connectivity index (χ2n) is 4.99. The lowest BCUT2D eigenvalue weighted by Gasteiger charge is -2.38. The number of piperidine rings is 1. The molecule has 0 aromatic rings. The van der Waals surface area contributed by atoms with Gasteiger partial charge in [0.2, 0.25) is 0 Å². The van der Waals surface area contributed by atoms with E-state index in [9.17, 15) is 9.59 Å². The van der Waals surface area contributed by atoms with Gasteiger partial charge < -0.3 is 20.2 Å². The summed E-state index contributed by atoms with van der Waals surface area (Å²) in [5.74, 6) is -1.19. The van der Waals surface area contributed by atoms with Crippen LogP contribution in [-0.4, -0.2) is 66.2 Å². The van der Waals surface area contributed by atoms with E-state index in [1.54, 1.807) is 4.90 Å². The third-order valence-electron chi connectivity index (χ3n) is 3.47. The van der Waals surface area contributed by atoms with Gasteiger partial charge in [-0.1, -0.05) is 0 Å². The molecule has 0 aromatic heterocycles. The zero-order chi connectivity index (χ0) is 12.4. The van der Waals surface area contributed by atoms with Crippen LogP contribution in [0.25, 0.3) is 0 Å². The van der Waals surface area contributed by atoms with Crippen molar-refractivity contribution in [2.24, 2.45) is 5.92 Å². The number of rotatable bonds is 2. The number of carbonyl (C=O) groups excluding carboxylic acids is 1. The normalized spacial score (nSPS) is 26.4. The molecule has 2 aliphatic rings. The summed E-state index contributed by atoms with van der Waals surface area (Å²) >= 11 is 0. The standard InChI is InChI=1S/C11H19N3O3/c1-13-4-2-3-9(7-13)12-11(17)14-5-8(6-14)10(15)16/h8-9H,2-7H2,1H3,(H,12,17)(H,15,16). The van der Waals surface area contributed by atoms with E-state index in [0.717, 1.165) is 25.9 Å². The van der Waals surface area contributed by atoms with Crippen molar-refractivity contribution in [1.29, 1.82) is 0 Å². The number of amides is 2. The van der Waals surface area contributed by atoms with Crippen molar-refractivity contribution < 1.29 is 14.7 Å². The smallest absolute Gasteiger partial charge is 0.317 e. The molecule has 0 radical (unpaired) electrons. The number of carboxylic acids is 1. The minimum atomic E-state index is -0.813. The molecule has 2 fully saturated rings. The molecule has 2 saturated heterocycles. The first-order valence-corrected chi connectivity index (χ1v) is 6.03. The van der Waals surface area contributed by atoms with Crippen LogP contribution in [0, 0.1) is 5.92 Å². The van der Waals surface area contributed by atoms with Gasteiger partial charge in [-0.3, -0.25) is 4.79 Å². The van der Waals surface area contributed by atoms with Crippen molar-refractivity contribution >= 4 is 12.0 Å². The number of aliphatic carboxylic acids is 1. The van der Waals surface area contributed by atoms with Gasteiger partial charge in [0.15, 0.2) is 0 Å². The Kier molecular flexibility index (Phi) is 3.51. The highest BCUT2D eigenvalue weighted by atomic mass is 16.4. The highest BCUT2D eigenvalue weighted by Gasteiger charge is 2.36. The molecule has 1 atom stereocenters. The summed E-state index contributed by atoms with van der Waals surface area (Å²) < 4.78 is 0. The Morgan fingerprint density at radius 1 is 1.29 bits per heavy atom. The summed E-state index contributed by atoms with van der Waals surface area (Å²) in [6, 6.07) is 0.0768. The fraction of sp³-hybridized carbons (Fsp3) is 0.818. The van der Waals surface area contributed by atoms with Gasteiger partial charge in [0.05, 0.1) is 5.92 Å². The molecule has 0 spiro atoms. The van der Waals surface area contributed by atoms with Gasteiger partial charge >= 0.3 is 12.0 Å². The van der Waals surface area contributed by atoms with E-state index in [2.05, 4.69) is 10.2 Å². The van der Waals surface area contributed by atoms with Crippen LogP contribution >= 0.6 is 0 Å². The van der Waals surface area contributed by atoms with Crippen LogP contribution in [0.15, 0.2) is 0 Å². The molecule has 0 bridgehead atoms. The maximum absolute atomic E-state index is 11.8. The molecule has 1 unspecified atom stereocenters. The molecule has 0 aromatic carbocycles. The summed E-state index contributed by atoms with van der Waals surface area (Å²) in [4.78, 5) is 26.2. The second-order valence-corrected chi connectivity index (χ2v) is 4.99. The molecular formula is C11H19N3O3. The Morgan fingerprint density at radius 3 is 2.59 bits per heavy atom. The van der Waals surface area contributed by atoms with E-state index in [1.165, 1.54) is 0 Å². The van der Waals surface area contributed by atoms with Gasteiger partial charge in [-0.15, -0.1) is 0 Å². The zero-order valence-corrected chi connectivity index (χ0v) is 10.1. The molecular weight excluding hydrogens is 222 g/mol. The van der Waals surface area contributed by atoms with E-state index in [1.807, 2.05) is 7.05 Å². The van der Waals surface area contributed by atoms with Gasteiger partial charge in [-0.25, -0.2) is 4.79 Å². The maximum Gasteiger partial charge on any atom is 0.317 e. The van der Waals surface area contributed by atoms with Crippen molar-refractivity contribution in [2.45, 2.75) is 18.9 Å². The first-order valence-electron chi connectivity index (χ1n) is 6.03. The monoisotopic (exact) mass is 241 g/mol. The van der Waals surface area contributed by atoms with Gasteiger partial charge in [-0.05, 0) is 26.4 Å². The maximum atomic E-state index is 11.8. The van der Waals surface area contributed by atoms with Crippen molar-refractivity contribution in [3.63, 3.8) is 0 Å². The van der Waals surface area contributed by atoms with E-state index in [0.29, 0.717) is 13.1 Å². The van der Waals surface area contributed by atoms with Crippen LogP contribution in [0.4, 0.5) is 4.79 Å². The molecule has 2 heterocycles. The Balaban J connectivity index is 1.73. The van der Waals surface area contributed by atoms with Crippen LogP contribution in [0.3, 0.4) is 0 Å². The lowest BCUT2D eigenvalue weighted by molar-refractivity contribution is -0.146. The van der Waals surface area contributed by atoms with Gasteiger partial charge in [0.25, 0.3) is 0 Å². The molecule has 96 valence electrons. The topological polar surface area (TPSA) is 72.9 Å². The van der Waals surface area contributed by atoms with E-state index < -0.39 is 5.97 Å². The van der Waals surface area contributed by atoms with Crippen LogP contribution in [0.2, 0.25) is 0 Å². The average molecular weight is 241 g/mol. The number of likely N-dealkylation sites (tertiary alicyclic amines) is 2. The minimum Gasteiger partial charge on any atom is -0.481 e. The van der Waals surface area contributed by atoms with Gasteiger partial charge in [-0.2, -0.15) is 0 Å². The Morgan fingerprint density at radius 2 is 2.00 bits per heavy atom. The molecule has 0 saturated carbocycles. The lowest BCUT2D eigenvalue weighted by atomic mass is 10.0. The zero-order valence-electron chi connectivity index (χ0n) is 10.1. The third kappa shape index (κ3) is 2.88. The van der Waals surface area contributed by atoms with Crippen LogP contribution in [0.5, 0.6) is 0 Å². The number of hydrogen-bond acceptors (Lipinski definition) is 3. The Labute approximate surface area is 101 Å². The number of nitrogens with one attached hydrogen (secondary N) is 1. The largest absolute Gasteiger partial charge is 0.481 e. The molecule has 17 heavy (non-hydrogen) atoms. The summed E-state index contributed by atoms with van der Waals surface area (Å²) in [5.41, 5.74) is 0.